The number of hydrogen-bond donors (Lipinski definition) is 1. The topological polar surface area (TPSA) is 55.1 Å². The summed E-state index contributed by atoms with van der Waals surface area (Å²) in [6.45, 7) is 4.11. The van der Waals surface area contributed by atoms with E-state index in [1.165, 1.54) is 11.1 Å². The number of pyridine rings is 2. The van der Waals surface area contributed by atoms with Crippen LogP contribution < -0.4 is 5.32 Å². The second-order valence-corrected chi connectivity index (χ2v) is 7.97. The van der Waals surface area contributed by atoms with Crippen LogP contribution >= 0.6 is 11.3 Å². The molecular weight excluding hydrogens is 378 g/mol. The summed E-state index contributed by atoms with van der Waals surface area (Å²) in [5, 5.41) is 4.12. The zero-order valence-electron chi connectivity index (χ0n) is 16.1. The molecule has 0 atom stereocenters. The first-order valence-electron chi connectivity index (χ1n) is 9.37. The van der Waals surface area contributed by atoms with Crippen LogP contribution in [-0.2, 0) is 0 Å². The van der Waals surface area contributed by atoms with Crippen LogP contribution in [0.3, 0.4) is 0 Å². The van der Waals surface area contributed by atoms with Crippen molar-refractivity contribution < 1.29 is 0 Å². The summed E-state index contributed by atoms with van der Waals surface area (Å²) < 4.78 is 2.08. The third-order valence-corrected chi connectivity index (χ3v) is 5.80. The lowest BCUT2D eigenvalue weighted by Crippen LogP contribution is -1.93. The molecule has 0 unspecified atom stereocenters. The van der Waals surface area contributed by atoms with Crippen molar-refractivity contribution in [3.63, 3.8) is 0 Å². The highest BCUT2D eigenvalue weighted by Crippen LogP contribution is 2.35. The average Bonchev–Trinajstić information content (AvgIpc) is 3.37. The lowest BCUT2D eigenvalue weighted by atomic mass is 10.00. The quantitative estimate of drug-likeness (QED) is 0.411. The molecule has 0 aliphatic rings. The molecule has 0 bridgehead atoms. The Kier molecular flexibility index (Phi) is 4.33. The highest BCUT2D eigenvalue weighted by molar-refractivity contribution is 7.18. The number of hydrogen-bond acceptors (Lipinski definition) is 5. The number of nitrogens with one attached hydrogen (secondary N) is 1. The van der Waals surface area contributed by atoms with Crippen LogP contribution in [0.25, 0.3) is 27.2 Å². The highest BCUT2D eigenvalue weighted by Gasteiger charge is 2.13. The first-order valence-corrected chi connectivity index (χ1v) is 10.2. The van der Waals surface area contributed by atoms with Gasteiger partial charge < -0.3 is 9.72 Å². The van der Waals surface area contributed by atoms with Gasteiger partial charge in [-0.1, -0.05) is 41.7 Å². The summed E-state index contributed by atoms with van der Waals surface area (Å²) in [7, 11) is 0. The number of aryl methyl sites for hydroxylation is 2. The van der Waals surface area contributed by atoms with E-state index in [9.17, 15) is 0 Å². The molecule has 0 aliphatic carbocycles. The van der Waals surface area contributed by atoms with Crippen LogP contribution in [0.4, 0.5) is 10.9 Å². The average molecular weight is 398 g/mol. The van der Waals surface area contributed by atoms with Crippen molar-refractivity contribution in [2.75, 3.05) is 5.32 Å². The summed E-state index contributed by atoms with van der Waals surface area (Å²) in [5.74, 6) is 0.802. The van der Waals surface area contributed by atoms with Crippen LogP contribution in [0.5, 0.6) is 0 Å². The molecule has 0 aliphatic heterocycles. The van der Waals surface area contributed by atoms with E-state index in [1.807, 2.05) is 43.7 Å². The Morgan fingerprint density at radius 3 is 2.72 bits per heavy atom. The largest absolute Gasteiger partial charge is 0.316 e. The van der Waals surface area contributed by atoms with Gasteiger partial charge in [0, 0.05) is 41.6 Å². The summed E-state index contributed by atoms with van der Waals surface area (Å²) in [6, 6.07) is 16.5. The molecule has 6 heteroatoms. The summed E-state index contributed by atoms with van der Waals surface area (Å²) >= 11 is 1.61. The second-order valence-electron chi connectivity index (χ2n) is 6.93. The third-order valence-electron chi connectivity index (χ3n) is 4.84. The Hall–Kier alpha value is -3.51. The molecule has 0 saturated carbocycles. The van der Waals surface area contributed by atoms with Gasteiger partial charge in [-0.15, -0.1) is 0 Å². The lowest BCUT2D eigenvalue weighted by Gasteiger charge is -2.10. The zero-order chi connectivity index (χ0) is 19.8. The van der Waals surface area contributed by atoms with E-state index in [0.29, 0.717) is 0 Å². The Morgan fingerprint density at radius 2 is 1.86 bits per heavy atom. The van der Waals surface area contributed by atoms with Gasteiger partial charge in [0.25, 0.3) is 0 Å². The van der Waals surface area contributed by atoms with Gasteiger partial charge in [-0.05, 0) is 43.2 Å². The SMILES string of the molecule is Cc1cccc(Nc2ncc(-c3cc(-c4ccccc4C)c4nccn4c3)s2)n1. The van der Waals surface area contributed by atoms with Crippen LogP contribution in [0.1, 0.15) is 11.3 Å². The molecule has 0 spiro atoms. The maximum atomic E-state index is 4.57. The Bertz CT molecular complexity index is 1320. The minimum Gasteiger partial charge on any atom is -0.316 e. The van der Waals surface area contributed by atoms with Gasteiger partial charge >= 0.3 is 0 Å². The number of fused-ring (bicyclic) bond motifs is 1. The van der Waals surface area contributed by atoms with Gasteiger partial charge in [-0.3, -0.25) is 0 Å². The number of imidazole rings is 1. The van der Waals surface area contributed by atoms with Gasteiger partial charge in [0.15, 0.2) is 5.13 Å². The summed E-state index contributed by atoms with van der Waals surface area (Å²) in [6.07, 6.45) is 7.83. The molecule has 1 aromatic carbocycles. The summed E-state index contributed by atoms with van der Waals surface area (Å²) in [5.41, 5.74) is 6.57. The zero-order valence-corrected chi connectivity index (χ0v) is 16.9. The van der Waals surface area contributed by atoms with Crippen molar-refractivity contribution in [2.24, 2.45) is 0 Å². The van der Waals surface area contributed by atoms with Gasteiger partial charge in [-0.2, -0.15) is 0 Å². The van der Waals surface area contributed by atoms with Crippen LogP contribution in [0.2, 0.25) is 0 Å². The summed E-state index contributed by atoms with van der Waals surface area (Å²) in [4.78, 5) is 14.7. The predicted octanol–water partition coefficient (Wildman–Crippen LogP) is 5.88. The lowest BCUT2D eigenvalue weighted by molar-refractivity contribution is 1.19. The van der Waals surface area contributed by atoms with Crippen molar-refractivity contribution in [2.45, 2.75) is 13.8 Å². The van der Waals surface area contributed by atoms with Crippen molar-refractivity contribution in [3.05, 3.63) is 84.6 Å². The molecule has 5 rings (SSSR count). The van der Waals surface area contributed by atoms with E-state index in [4.69, 9.17) is 0 Å². The van der Waals surface area contributed by atoms with Crippen molar-refractivity contribution in [1.29, 1.82) is 0 Å². The first kappa shape index (κ1) is 17.6. The maximum Gasteiger partial charge on any atom is 0.188 e. The van der Waals surface area contributed by atoms with Crippen LogP contribution in [-0.4, -0.2) is 19.4 Å². The van der Waals surface area contributed by atoms with Gasteiger partial charge in [0.1, 0.15) is 11.5 Å². The van der Waals surface area contributed by atoms with E-state index in [-0.39, 0.29) is 0 Å². The van der Waals surface area contributed by atoms with Crippen molar-refractivity contribution >= 4 is 27.9 Å². The molecule has 0 amide bonds. The van der Waals surface area contributed by atoms with Crippen LogP contribution in [0, 0.1) is 13.8 Å². The molecule has 0 radical (unpaired) electrons. The maximum absolute atomic E-state index is 4.57. The fourth-order valence-electron chi connectivity index (χ4n) is 3.43. The number of anilines is 2. The Labute approximate surface area is 172 Å². The molecule has 142 valence electrons. The number of rotatable bonds is 4. The normalized spacial score (nSPS) is 11.1. The van der Waals surface area contributed by atoms with E-state index in [2.05, 4.69) is 68.1 Å². The number of benzene rings is 1. The minimum absolute atomic E-state index is 0.802. The smallest absolute Gasteiger partial charge is 0.188 e. The van der Waals surface area contributed by atoms with E-state index < -0.39 is 0 Å². The molecule has 5 nitrogen and oxygen atoms in total. The van der Waals surface area contributed by atoms with Crippen molar-refractivity contribution in [1.82, 2.24) is 19.4 Å². The first-order chi connectivity index (χ1) is 14.2. The number of nitrogens with zero attached hydrogens (tertiary/aromatic N) is 4. The molecule has 5 aromatic rings. The second kappa shape index (κ2) is 7.14. The van der Waals surface area contributed by atoms with Crippen LogP contribution in [0.15, 0.2) is 73.3 Å². The van der Waals surface area contributed by atoms with E-state index in [1.54, 1.807) is 11.3 Å². The monoisotopic (exact) mass is 397 g/mol. The Morgan fingerprint density at radius 1 is 0.966 bits per heavy atom. The standard InChI is InChI=1S/C23H19N5S/c1-15-6-3-4-8-18(15)19-12-17(14-28-11-10-24-22(19)28)20-13-25-23(29-20)27-21-9-5-7-16(2)26-21/h3-14H,1-2H3,(H,25,26,27). The van der Waals surface area contributed by atoms with E-state index in [0.717, 1.165) is 38.3 Å². The molecule has 0 fully saturated rings. The molecular formula is C23H19N5S. The molecule has 4 aromatic heterocycles. The molecule has 29 heavy (non-hydrogen) atoms. The molecule has 4 heterocycles. The minimum atomic E-state index is 0.802. The number of thiazole rings is 1. The van der Waals surface area contributed by atoms with Crippen molar-refractivity contribution in [3.8, 4) is 21.6 Å². The molecule has 0 saturated heterocycles. The van der Waals surface area contributed by atoms with E-state index >= 15 is 0 Å². The van der Waals surface area contributed by atoms with Gasteiger partial charge in [0.2, 0.25) is 0 Å². The Balaban J connectivity index is 1.56. The highest BCUT2D eigenvalue weighted by atomic mass is 32.1. The third kappa shape index (κ3) is 3.39. The molecule has 1 N–H and O–H groups in total. The van der Waals surface area contributed by atoms with Gasteiger partial charge in [-0.25, -0.2) is 15.0 Å². The fraction of sp³-hybridized carbons (Fsp3) is 0.0870. The fourth-order valence-corrected chi connectivity index (χ4v) is 4.23. The van der Waals surface area contributed by atoms with Gasteiger partial charge in [0.05, 0.1) is 4.88 Å². The number of aromatic nitrogens is 4. The predicted molar refractivity (Wildman–Crippen MR) is 119 cm³/mol.